The maximum absolute atomic E-state index is 2.43. The minimum atomic E-state index is -0.0616. The number of pyridine rings is 1. The van der Waals surface area contributed by atoms with Crippen LogP contribution in [0.5, 0.6) is 0 Å². The van der Waals surface area contributed by atoms with Crippen LogP contribution in [0, 0.1) is 6.92 Å². The van der Waals surface area contributed by atoms with Crippen molar-refractivity contribution in [2.75, 3.05) is 0 Å². The number of aromatic nitrogens is 1. The average molecular weight is 449 g/mol. The summed E-state index contributed by atoms with van der Waals surface area (Å²) in [4.78, 5) is 1.51. The number of nitrogens with zero attached hydrogens (tertiary/aromatic N) is 1. The van der Waals surface area contributed by atoms with E-state index >= 15 is 0 Å². The highest BCUT2D eigenvalue weighted by Gasteiger charge is 2.45. The van der Waals surface area contributed by atoms with Gasteiger partial charge in [-0.15, -0.1) is 11.3 Å². The molecule has 0 fully saturated rings. The summed E-state index contributed by atoms with van der Waals surface area (Å²) in [5.74, 6) is 0. The molecule has 0 saturated carbocycles. The van der Waals surface area contributed by atoms with Gasteiger partial charge in [0.1, 0.15) is 7.05 Å². The zero-order chi connectivity index (χ0) is 23.1. The van der Waals surface area contributed by atoms with Gasteiger partial charge in [-0.2, -0.15) is 0 Å². The first kappa shape index (κ1) is 20.6. The van der Waals surface area contributed by atoms with Gasteiger partial charge in [-0.3, -0.25) is 0 Å². The molecule has 2 heteroatoms. The molecule has 0 N–H and O–H groups in total. The van der Waals surface area contributed by atoms with Gasteiger partial charge in [-0.1, -0.05) is 76.2 Å². The second kappa shape index (κ2) is 6.77. The van der Waals surface area contributed by atoms with Crippen LogP contribution in [0.1, 0.15) is 54.8 Å². The first-order chi connectivity index (χ1) is 15.7. The first-order valence-corrected chi connectivity index (χ1v) is 12.6. The van der Waals surface area contributed by atoms with Crippen molar-refractivity contribution >= 4 is 32.2 Å². The molecule has 6 rings (SSSR count). The second-order valence-electron chi connectivity index (χ2n) is 10.6. The Hall–Kier alpha value is -2.97. The van der Waals surface area contributed by atoms with Crippen LogP contribution < -0.4 is 4.57 Å². The van der Waals surface area contributed by atoms with E-state index in [-0.39, 0.29) is 10.8 Å². The molecule has 0 radical (unpaired) electrons. The van der Waals surface area contributed by atoms with Gasteiger partial charge in [0.05, 0.1) is 5.56 Å². The molecule has 0 atom stereocenters. The molecule has 0 saturated heterocycles. The number of hydrogen-bond donors (Lipinski definition) is 0. The second-order valence-corrected chi connectivity index (χ2v) is 11.6. The zero-order valence-corrected chi connectivity index (χ0v) is 21.1. The molecule has 1 aliphatic carbocycles. The van der Waals surface area contributed by atoms with Crippen LogP contribution in [0.3, 0.4) is 0 Å². The molecular formula is C31H30NS+. The summed E-state index contributed by atoms with van der Waals surface area (Å²) < 4.78 is 3.67. The predicted molar refractivity (Wildman–Crippen MR) is 141 cm³/mol. The van der Waals surface area contributed by atoms with Crippen molar-refractivity contribution in [3.63, 3.8) is 0 Å². The van der Waals surface area contributed by atoms with Gasteiger partial charge in [0.15, 0.2) is 6.20 Å². The van der Waals surface area contributed by atoms with Crippen molar-refractivity contribution in [2.24, 2.45) is 7.05 Å². The van der Waals surface area contributed by atoms with E-state index in [2.05, 4.69) is 119 Å². The fourth-order valence-electron chi connectivity index (χ4n) is 6.14. The molecule has 0 bridgehead atoms. The van der Waals surface area contributed by atoms with E-state index in [9.17, 15) is 0 Å². The highest BCUT2D eigenvalue weighted by atomic mass is 32.1. The third kappa shape index (κ3) is 2.68. The van der Waals surface area contributed by atoms with Gasteiger partial charge in [0.25, 0.3) is 0 Å². The molecule has 164 valence electrons. The van der Waals surface area contributed by atoms with E-state index < -0.39 is 0 Å². The third-order valence-electron chi connectivity index (χ3n) is 7.80. The Labute approximate surface area is 200 Å². The van der Waals surface area contributed by atoms with Crippen molar-refractivity contribution in [3.8, 4) is 11.3 Å². The van der Waals surface area contributed by atoms with E-state index in [0.717, 1.165) is 0 Å². The Kier molecular flexibility index (Phi) is 4.23. The quantitative estimate of drug-likeness (QED) is 0.230. The monoisotopic (exact) mass is 448 g/mol. The Morgan fingerprint density at radius 1 is 0.727 bits per heavy atom. The van der Waals surface area contributed by atoms with Gasteiger partial charge < -0.3 is 0 Å². The summed E-state index contributed by atoms with van der Waals surface area (Å²) in [6.07, 6.45) is 2.15. The number of benzene rings is 3. The molecule has 0 unspecified atom stereocenters. The van der Waals surface area contributed by atoms with Crippen LogP contribution in [0.4, 0.5) is 0 Å². The molecular weight excluding hydrogens is 418 g/mol. The molecule has 2 heterocycles. The smallest absolute Gasteiger partial charge is 0.201 e. The molecule has 1 nitrogen and oxygen atoms in total. The normalized spacial score (nSPS) is 16.1. The predicted octanol–water partition coefficient (Wildman–Crippen LogP) is 7.82. The number of hydrogen-bond acceptors (Lipinski definition) is 1. The van der Waals surface area contributed by atoms with Crippen molar-refractivity contribution in [2.45, 2.75) is 45.4 Å². The SMILES string of the molecule is Cc1ccc2c3c(sc2c1-c1cccc[n+]1C)C(C)(C)c1c(ccc2ccccc12)C3(C)C. The fourth-order valence-corrected chi connectivity index (χ4v) is 7.81. The van der Waals surface area contributed by atoms with Gasteiger partial charge in [-0.25, -0.2) is 4.57 Å². The van der Waals surface area contributed by atoms with Crippen LogP contribution in [-0.4, -0.2) is 0 Å². The van der Waals surface area contributed by atoms with Crippen LogP contribution in [-0.2, 0) is 17.9 Å². The van der Waals surface area contributed by atoms with Gasteiger partial charge in [0, 0.05) is 32.5 Å². The molecule has 5 aromatic rings. The van der Waals surface area contributed by atoms with E-state index in [0.29, 0.717) is 0 Å². The largest absolute Gasteiger partial charge is 0.213 e. The van der Waals surface area contributed by atoms with E-state index in [1.165, 1.54) is 59.2 Å². The Morgan fingerprint density at radius 2 is 1.48 bits per heavy atom. The lowest BCUT2D eigenvalue weighted by Crippen LogP contribution is -2.35. The average Bonchev–Trinajstić information content (AvgIpc) is 3.20. The number of thiophene rings is 1. The maximum Gasteiger partial charge on any atom is 0.213 e. The molecule has 0 spiro atoms. The summed E-state index contributed by atoms with van der Waals surface area (Å²) in [7, 11) is 2.15. The number of aryl methyl sites for hydroxylation is 2. The van der Waals surface area contributed by atoms with Gasteiger partial charge in [0.2, 0.25) is 5.69 Å². The summed E-state index contributed by atoms with van der Waals surface area (Å²) in [5, 5.41) is 4.14. The van der Waals surface area contributed by atoms with Crippen LogP contribution in [0.15, 0.2) is 72.9 Å². The minimum absolute atomic E-state index is 0.0607. The van der Waals surface area contributed by atoms with Crippen LogP contribution >= 0.6 is 11.3 Å². The Balaban J connectivity index is 1.76. The summed E-state index contributed by atoms with van der Waals surface area (Å²) >= 11 is 2.01. The Morgan fingerprint density at radius 3 is 2.27 bits per heavy atom. The highest BCUT2D eigenvalue weighted by molar-refractivity contribution is 7.20. The topological polar surface area (TPSA) is 3.88 Å². The van der Waals surface area contributed by atoms with Crippen molar-refractivity contribution in [1.82, 2.24) is 0 Å². The molecule has 0 amide bonds. The van der Waals surface area contributed by atoms with E-state index in [1.54, 1.807) is 0 Å². The van der Waals surface area contributed by atoms with Crippen molar-refractivity contribution in [1.29, 1.82) is 0 Å². The first-order valence-electron chi connectivity index (χ1n) is 11.8. The summed E-state index contributed by atoms with van der Waals surface area (Å²) in [6, 6.07) is 24.8. The molecule has 2 aromatic heterocycles. The van der Waals surface area contributed by atoms with Crippen LogP contribution in [0.2, 0.25) is 0 Å². The maximum atomic E-state index is 2.43. The lowest BCUT2D eigenvalue weighted by molar-refractivity contribution is -0.660. The Bertz CT molecular complexity index is 1580. The van der Waals surface area contributed by atoms with Crippen molar-refractivity contribution in [3.05, 3.63) is 100 Å². The standard InChI is InChI=1S/C31H30NS/c1-19-14-16-22-27-29(33-28(22)25(19)24-13-9-10-18-32(24)6)31(4,5)26-21-12-8-7-11-20(21)15-17-23(26)30(27,2)3/h7-18H,1-6H3/q+1. The summed E-state index contributed by atoms with van der Waals surface area (Å²) in [6.45, 7) is 11.9. The van der Waals surface area contributed by atoms with Crippen molar-refractivity contribution < 1.29 is 4.57 Å². The molecule has 0 aliphatic heterocycles. The van der Waals surface area contributed by atoms with E-state index in [1.807, 2.05) is 11.3 Å². The third-order valence-corrected chi connectivity index (χ3v) is 9.34. The lowest BCUT2D eigenvalue weighted by atomic mass is 9.61. The minimum Gasteiger partial charge on any atom is -0.201 e. The molecule has 1 aliphatic rings. The van der Waals surface area contributed by atoms with Crippen LogP contribution in [0.25, 0.3) is 32.1 Å². The molecule has 3 aromatic carbocycles. The lowest BCUT2D eigenvalue weighted by Gasteiger charge is -2.42. The van der Waals surface area contributed by atoms with Gasteiger partial charge in [-0.05, 0) is 51.4 Å². The van der Waals surface area contributed by atoms with Gasteiger partial charge >= 0.3 is 0 Å². The zero-order valence-electron chi connectivity index (χ0n) is 20.3. The summed E-state index contributed by atoms with van der Waals surface area (Å²) in [5.41, 5.74) is 8.33. The highest BCUT2D eigenvalue weighted by Crippen LogP contribution is 2.57. The fraction of sp³-hybridized carbons (Fsp3) is 0.258. The molecule has 33 heavy (non-hydrogen) atoms. The van der Waals surface area contributed by atoms with E-state index in [4.69, 9.17) is 0 Å². The number of rotatable bonds is 1. The number of fused-ring (bicyclic) bond motifs is 6.